The Morgan fingerprint density at radius 2 is 2.05 bits per heavy atom. The van der Waals surface area contributed by atoms with E-state index in [0.29, 0.717) is 11.2 Å². The van der Waals surface area contributed by atoms with Crippen LogP contribution in [0.15, 0.2) is 12.7 Å². The van der Waals surface area contributed by atoms with Crippen LogP contribution in [0.5, 0.6) is 0 Å². The Hall–Kier alpha value is -2.99. The first kappa shape index (κ1) is 25.7. The van der Waals surface area contributed by atoms with Crippen LogP contribution in [0.3, 0.4) is 0 Å². The number of methoxy groups -OCH3 is 2. The lowest BCUT2D eigenvalue weighted by molar-refractivity contribution is -0.397. The van der Waals surface area contributed by atoms with Crippen molar-refractivity contribution in [2.45, 2.75) is 67.6 Å². The van der Waals surface area contributed by atoms with Crippen molar-refractivity contribution in [3.63, 3.8) is 0 Å². The van der Waals surface area contributed by atoms with E-state index >= 15 is 0 Å². The SMILES string of the molecule is COC(=O)C1OC2CC3OC(n4cnc5c(N)ncnc54)C(OC)C3OC2(O)C(OC(=O)CCO)C1O. The molecule has 2 aromatic rings. The monoisotopic (exact) mass is 525 g/mol. The quantitative estimate of drug-likeness (QED) is 0.284. The second kappa shape index (κ2) is 9.71. The lowest BCUT2D eigenvalue weighted by atomic mass is 9.84. The van der Waals surface area contributed by atoms with E-state index in [4.69, 9.17) is 39.3 Å². The summed E-state index contributed by atoms with van der Waals surface area (Å²) < 4.78 is 35.2. The highest BCUT2D eigenvalue weighted by atomic mass is 16.7. The lowest BCUT2D eigenvalue weighted by Gasteiger charge is -2.52. The van der Waals surface area contributed by atoms with Crippen molar-refractivity contribution in [3.05, 3.63) is 12.7 Å². The van der Waals surface area contributed by atoms with Gasteiger partial charge in [-0.25, -0.2) is 19.7 Å². The molecule has 0 saturated carbocycles. The van der Waals surface area contributed by atoms with E-state index in [9.17, 15) is 19.8 Å². The number of anilines is 1. The fraction of sp³-hybridized carbons (Fsp3) is 0.667. The van der Waals surface area contributed by atoms with Crippen LogP contribution in [0.2, 0.25) is 0 Å². The number of fused-ring (bicyclic) bond motifs is 3. The molecule has 0 radical (unpaired) electrons. The number of imidazole rings is 1. The third-order valence-corrected chi connectivity index (χ3v) is 6.80. The van der Waals surface area contributed by atoms with E-state index in [2.05, 4.69) is 15.0 Å². The summed E-state index contributed by atoms with van der Waals surface area (Å²) in [5.74, 6) is -4.09. The van der Waals surface area contributed by atoms with Gasteiger partial charge in [0.1, 0.15) is 36.3 Å². The van der Waals surface area contributed by atoms with E-state index < -0.39 is 79.7 Å². The third kappa shape index (κ3) is 4.10. The molecule has 16 nitrogen and oxygen atoms in total. The number of nitrogen functional groups attached to an aromatic ring is 1. The number of aliphatic hydroxyl groups is 3. The number of esters is 2. The standard InChI is InChI=1S/C21H27N5O11/c1-32-15-13-8(34-19(15)26-7-25-11-17(22)23-6-24-18(11)26)5-9-21(31,37-13)16(36-10(28)3-4-27)12(29)14(35-9)20(30)33-2/h6-9,12-16,19,27,29,31H,3-5H2,1-2H3,(H2,22,23,24). The second-order valence-corrected chi connectivity index (χ2v) is 8.86. The molecule has 5 heterocycles. The van der Waals surface area contributed by atoms with E-state index in [1.807, 2.05) is 0 Å². The number of carbonyl (C=O) groups excluding carboxylic acids is 2. The van der Waals surface area contributed by atoms with Gasteiger partial charge in [-0.3, -0.25) is 9.36 Å². The van der Waals surface area contributed by atoms with Crippen molar-refractivity contribution in [1.29, 1.82) is 0 Å². The average Bonchev–Trinajstić information content (AvgIpc) is 3.45. The minimum Gasteiger partial charge on any atom is -0.467 e. The first-order valence-electron chi connectivity index (χ1n) is 11.5. The predicted octanol–water partition coefficient (Wildman–Crippen LogP) is -2.61. The van der Waals surface area contributed by atoms with Gasteiger partial charge in [0, 0.05) is 13.5 Å². The fourth-order valence-corrected chi connectivity index (χ4v) is 5.07. The Bertz CT molecular complexity index is 1180. The van der Waals surface area contributed by atoms with E-state index in [1.54, 1.807) is 4.57 Å². The summed E-state index contributed by atoms with van der Waals surface area (Å²) in [4.78, 5) is 36.9. The van der Waals surface area contributed by atoms with Gasteiger partial charge in [0.2, 0.25) is 5.79 Å². The number of aliphatic hydroxyl groups excluding tert-OH is 2. The number of hydrogen-bond acceptors (Lipinski definition) is 15. The molecule has 3 aliphatic heterocycles. The summed E-state index contributed by atoms with van der Waals surface area (Å²) in [7, 11) is 2.52. The Labute approximate surface area is 209 Å². The maximum atomic E-state index is 12.3. The number of ether oxygens (including phenoxy) is 6. The van der Waals surface area contributed by atoms with Gasteiger partial charge in [0.15, 0.2) is 29.9 Å². The molecule has 5 N–H and O–H groups in total. The van der Waals surface area contributed by atoms with Crippen molar-refractivity contribution >= 4 is 28.9 Å². The zero-order chi connectivity index (χ0) is 26.5. The van der Waals surface area contributed by atoms with Gasteiger partial charge in [0.25, 0.3) is 0 Å². The van der Waals surface area contributed by atoms with Crippen LogP contribution in [0.25, 0.3) is 11.2 Å². The summed E-state index contributed by atoms with van der Waals surface area (Å²) in [6.45, 7) is -0.528. The van der Waals surface area contributed by atoms with E-state index in [0.717, 1.165) is 7.11 Å². The molecule has 5 rings (SSSR count). The Morgan fingerprint density at radius 1 is 1.27 bits per heavy atom. The molecular formula is C21H27N5O11. The van der Waals surface area contributed by atoms with Crippen molar-refractivity contribution in [2.24, 2.45) is 0 Å². The number of hydrogen-bond donors (Lipinski definition) is 4. The highest BCUT2D eigenvalue weighted by Gasteiger charge is 2.67. The molecule has 3 saturated heterocycles. The highest BCUT2D eigenvalue weighted by molar-refractivity contribution is 5.81. The van der Waals surface area contributed by atoms with Crippen LogP contribution in [0, 0.1) is 0 Å². The molecule has 0 bridgehead atoms. The second-order valence-electron chi connectivity index (χ2n) is 8.86. The van der Waals surface area contributed by atoms with Crippen LogP contribution in [-0.4, -0.2) is 116 Å². The lowest BCUT2D eigenvalue weighted by Crippen LogP contribution is -2.73. The summed E-state index contributed by atoms with van der Waals surface area (Å²) in [6.07, 6.45) is -7.49. The van der Waals surface area contributed by atoms with Crippen molar-refractivity contribution < 1.29 is 53.3 Å². The van der Waals surface area contributed by atoms with Crippen LogP contribution in [-0.2, 0) is 38.0 Å². The zero-order valence-electron chi connectivity index (χ0n) is 19.9. The first-order chi connectivity index (χ1) is 17.7. The maximum absolute atomic E-state index is 12.3. The normalized spacial score (nSPS) is 37.1. The van der Waals surface area contributed by atoms with Crippen molar-refractivity contribution in [2.75, 3.05) is 26.6 Å². The van der Waals surface area contributed by atoms with Crippen LogP contribution >= 0.6 is 0 Å². The summed E-state index contributed by atoms with van der Waals surface area (Å²) in [5.41, 5.74) is 6.63. The topological polar surface area (TPSA) is 220 Å². The molecule has 37 heavy (non-hydrogen) atoms. The molecule has 202 valence electrons. The van der Waals surface area contributed by atoms with Crippen LogP contribution in [0.1, 0.15) is 19.1 Å². The maximum Gasteiger partial charge on any atom is 0.337 e. The number of nitrogens with zero attached hydrogens (tertiary/aromatic N) is 4. The molecule has 16 heteroatoms. The average molecular weight is 525 g/mol. The van der Waals surface area contributed by atoms with Gasteiger partial charge < -0.3 is 49.5 Å². The van der Waals surface area contributed by atoms with Gasteiger partial charge in [-0.1, -0.05) is 0 Å². The zero-order valence-corrected chi connectivity index (χ0v) is 19.9. The number of aromatic nitrogens is 4. The Morgan fingerprint density at radius 3 is 2.76 bits per heavy atom. The largest absolute Gasteiger partial charge is 0.467 e. The molecule has 0 amide bonds. The summed E-state index contributed by atoms with van der Waals surface area (Å²) >= 11 is 0. The molecule has 3 aliphatic rings. The fourth-order valence-electron chi connectivity index (χ4n) is 5.07. The van der Waals surface area contributed by atoms with Gasteiger partial charge in [-0.05, 0) is 0 Å². The van der Waals surface area contributed by atoms with Crippen LogP contribution < -0.4 is 5.73 Å². The molecule has 9 atom stereocenters. The number of nitrogens with two attached hydrogens (primary N) is 1. The molecule has 0 spiro atoms. The van der Waals surface area contributed by atoms with Crippen molar-refractivity contribution in [1.82, 2.24) is 19.5 Å². The van der Waals surface area contributed by atoms with Crippen LogP contribution in [0.4, 0.5) is 5.82 Å². The first-order valence-corrected chi connectivity index (χ1v) is 11.5. The van der Waals surface area contributed by atoms with E-state index in [-0.39, 0.29) is 12.2 Å². The van der Waals surface area contributed by atoms with Gasteiger partial charge in [0.05, 0.1) is 32.6 Å². The number of carbonyl (C=O) groups is 2. The van der Waals surface area contributed by atoms with Crippen molar-refractivity contribution in [3.8, 4) is 0 Å². The summed E-state index contributed by atoms with van der Waals surface area (Å²) in [5, 5.41) is 31.6. The molecule has 0 aromatic carbocycles. The van der Waals surface area contributed by atoms with E-state index in [1.165, 1.54) is 19.8 Å². The molecule has 2 aromatic heterocycles. The Balaban J connectivity index is 1.49. The smallest absolute Gasteiger partial charge is 0.337 e. The number of rotatable bonds is 6. The summed E-state index contributed by atoms with van der Waals surface area (Å²) in [6, 6.07) is 0. The predicted molar refractivity (Wildman–Crippen MR) is 117 cm³/mol. The van der Waals surface area contributed by atoms with Gasteiger partial charge in [-0.2, -0.15) is 0 Å². The third-order valence-electron chi connectivity index (χ3n) is 6.80. The van der Waals surface area contributed by atoms with Gasteiger partial charge in [-0.15, -0.1) is 0 Å². The molecule has 3 fully saturated rings. The van der Waals surface area contributed by atoms with Gasteiger partial charge >= 0.3 is 11.9 Å². The molecule has 9 unspecified atom stereocenters. The molecular weight excluding hydrogens is 498 g/mol. The minimum atomic E-state index is -2.39. The Kier molecular flexibility index (Phi) is 6.73. The minimum absolute atomic E-state index is 0.0322. The molecule has 0 aliphatic carbocycles. The highest BCUT2D eigenvalue weighted by Crippen LogP contribution is 2.47.